The summed E-state index contributed by atoms with van der Waals surface area (Å²) in [6.45, 7) is 3.61. The molecule has 0 radical (unpaired) electrons. The molecule has 1 aliphatic rings. The number of nitrogens with zero attached hydrogens (tertiary/aromatic N) is 2. The van der Waals surface area contributed by atoms with Crippen molar-refractivity contribution in [3.8, 4) is 0 Å². The largest absolute Gasteiger partial charge is 0.309 e. The summed E-state index contributed by atoms with van der Waals surface area (Å²) in [6, 6.07) is 0. The molecule has 0 atom stereocenters. The normalized spacial score (nSPS) is 19.4. The Balaban J connectivity index is 2.34. The summed E-state index contributed by atoms with van der Waals surface area (Å²) in [5.74, 6) is 0. The molecule has 14 heavy (non-hydrogen) atoms. The molecule has 1 N–H and O–H groups in total. The van der Waals surface area contributed by atoms with Crippen molar-refractivity contribution in [2.24, 2.45) is 0 Å². The first-order chi connectivity index (χ1) is 6.67. The van der Waals surface area contributed by atoms with Gasteiger partial charge in [-0.1, -0.05) is 6.92 Å². The maximum absolute atomic E-state index is 14.2. The summed E-state index contributed by atoms with van der Waals surface area (Å²) in [4.78, 5) is 0. The zero-order valence-electron chi connectivity index (χ0n) is 8.06. The second-order valence-electron chi connectivity index (χ2n) is 3.63. The topological polar surface area (TPSA) is 29.9 Å². The Bertz CT molecular complexity index is 333. The lowest BCUT2D eigenvalue weighted by Gasteiger charge is -2.35. The van der Waals surface area contributed by atoms with Crippen LogP contribution in [0.3, 0.4) is 0 Å². The van der Waals surface area contributed by atoms with Crippen LogP contribution in [-0.4, -0.2) is 22.9 Å². The van der Waals surface area contributed by atoms with E-state index in [4.69, 9.17) is 0 Å². The highest BCUT2D eigenvalue weighted by atomic mass is 79.9. The number of aromatic nitrogens is 2. The molecule has 0 amide bonds. The van der Waals surface area contributed by atoms with Crippen molar-refractivity contribution in [3.05, 3.63) is 16.4 Å². The van der Waals surface area contributed by atoms with Crippen molar-refractivity contribution in [1.29, 1.82) is 0 Å². The average molecular weight is 262 g/mol. The molecule has 0 aliphatic carbocycles. The van der Waals surface area contributed by atoms with E-state index in [0.717, 1.165) is 17.4 Å². The standard InChI is InChI=1S/C9H13BrFN3/c1-2-3-14-8(7(10)4-13-14)9(11)5-12-6-9/h4,12H,2-3,5-6H2,1H3. The molecule has 1 aromatic heterocycles. The second kappa shape index (κ2) is 3.62. The molecule has 0 spiro atoms. The lowest BCUT2D eigenvalue weighted by molar-refractivity contribution is 0.0770. The highest BCUT2D eigenvalue weighted by Gasteiger charge is 2.43. The van der Waals surface area contributed by atoms with Crippen LogP contribution in [0, 0.1) is 0 Å². The molecule has 0 unspecified atom stereocenters. The lowest BCUT2D eigenvalue weighted by atomic mass is 9.95. The van der Waals surface area contributed by atoms with Gasteiger partial charge < -0.3 is 5.32 Å². The number of aryl methyl sites for hydroxylation is 1. The van der Waals surface area contributed by atoms with E-state index in [2.05, 4.69) is 33.3 Å². The minimum atomic E-state index is -1.23. The highest BCUT2D eigenvalue weighted by Crippen LogP contribution is 2.35. The molecule has 5 heteroatoms. The van der Waals surface area contributed by atoms with E-state index in [9.17, 15) is 4.39 Å². The second-order valence-corrected chi connectivity index (χ2v) is 4.49. The maximum Gasteiger partial charge on any atom is 0.178 e. The zero-order valence-corrected chi connectivity index (χ0v) is 9.64. The fourth-order valence-electron chi connectivity index (χ4n) is 1.70. The van der Waals surface area contributed by atoms with E-state index in [0.29, 0.717) is 18.8 Å². The molecule has 0 bridgehead atoms. The van der Waals surface area contributed by atoms with E-state index in [1.807, 2.05) is 0 Å². The molecule has 1 fully saturated rings. The molecular weight excluding hydrogens is 249 g/mol. The molecular formula is C9H13BrFN3. The number of hydrogen-bond donors (Lipinski definition) is 1. The van der Waals surface area contributed by atoms with Gasteiger partial charge in [-0.05, 0) is 22.4 Å². The van der Waals surface area contributed by atoms with Crippen LogP contribution in [0.15, 0.2) is 10.7 Å². The van der Waals surface area contributed by atoms with Crippen molar-refractivity contribution >= 4 is 15.9 Å². The predicted molar refractivity (Wildman–Crippen MR) is 55.9 cm³/mol. The minimum absolute atomic E-state index is 0.390. The number of alkyl halides is 1. The Hall–Kier alpha value is -0.420. The SMILES string of the molecule is CCCn1ncc(Br)c1C1(F)CNC1. The Kier molecular flexibility index (Phi) is 2.62. The van der Waals surface area contributed by atoms with Crippen LogP contribution in [0.25, 0.3) is 0 Å². The number of rotatable bonds is 3. The summed E-state index contributed by atoms with van der Waals surface area (Å²) < 4.78 is 16.7. The van der Waals surface area contributed by atoms with Crippen molar-refractivity contribution in [3.63, 3.8) is 0 Å². The molecule has 2 heterocycles. The van der Waals surface area contributed by atoms with Gasteiger partial charge in [0.1, 0.15) is 0 Å². The van der Waals surface area contributed by atoms with Gasteiger partial charge in [-0.25, -0.2) is 4.39 Å². The van der Waals surface area contributed by atoms with E-state index in [1.54, 1.807) is 10.9 Å². The summed E-state index contributed by atoms with van der Waals surface area (Å²) in [6.07, 6.45) is 2.63. The monoisotopic (exact) mass is 261 g/mol. The fourth-order valence-corrected chi connectivity index (χ4v) is 2.35. The van der Waals surface area contributed by atoms with E-state index >= 15 is 0 Å². The third-order valence-corrected chi connectivity index (χ3v) is 3.05. The Morgan fingerprint density at radius 3 is 2.93 bits per heavy atom. The summed E-state index contributed by atoms with van der Waals surface area (Å²) in [7, 11) is 0. The van der Waals surface area contributed by atoms with Gasteiger partial charge in [0.2, 0.25) is 0 Å². The van der Waals surface area contributed by atoms with Gasteiger partial charge in [0.15, 0.2) is 5.67 Å². The lowest BCUT2D eigenvalue weighted by Crippen LogP contribution is -2.54. The molecule has 78 valence electrons. The third kappa shape index (κ3) is 1.48. The summed E-state index contributed by atoms with van der Waals surface area (Å²) >= 11 is 3.35. The van der Waals surface area contributed by atoms with E-state index in [-0.39, 0.29) is 0 Å². The van der Waals surface area contributed by atoms with Gasteiger partial charge in [-0.15, -0.1) is 0 Å². The van der Waals surface area contributed by atoms with Crippen molar-refractivity contribution in [2.75, 3.05) is 13.1 Å². The molecule has 1 aliphatic heterocycles. The molecule has 1 aromatic rings. The minimum Gasteiger partial charge on any atom is -0.309 e. The van der Waals surface area contributed by atoms with Gasteiger partial charge in [0, 0.05) is 19.6 Å². The van der Waals surface area contributed by atoms with Gasteiger partial charge in [-0.2, -0.15) is 5.10 Å². The van der Waals surface area contributed by atoms with Crippen LogP contribution in [0.4, 0.5) is 4.39 Å². The number of halogens is 2. The van der Waals surface area contributed by atoms with Crippen LogP contribution in [0.2, 0.25) is 0 Å². The quantitative estimate of drug-likeness (QED) is 0.900. The maximum atomic E-state index is 14.2. The highest BCUT2D eigenvalue weighted by molar-refractivity contribution is 9.10. The van der Waals surface area contributed by atoms with E-state index < -0.39 is 5.67 Å². The van der Waals surface area contributed by atoms with Crippen molar-refractivity contribution in [1.82, 2.24) is 15.1 Å². The van der Waals surface area contributed by atoms with Crippen LogP contribution in [-0.2, 0) is 12.2 Å². The summed E-state index contributed by atoms with van der Waals surface area (Å²) in [5.41, 5.74) is -0.553. The van der Waals surface area contributed by atoms with Crippen LogP contribution in [0.1, 0.15) is 19.0 Å². The molecule has 2 rings (SSSR count). The third-order valence-electron chi connectivity index (χ3n) is 2.47. The van der Waals surface area contributed by atoms with Crippen molar-refractivity contribution in [2.45, 2.75) is 25.6 Å². The van der Waals surface area contributed by atoms with Crippen LogP contribution < -0.4 is 5.32 Å². The van der Waals surface area contributed by atoms with Crippen molar-refractivity contribution < 1.29 is 4.39 Å². The zero-order chi connectivity index (χ0) is 10.2. The molecule has 1 saturated heterocycles. The number of hydrogen-bond acceptors (Lipinski definition) is 2. The molecule has 0 aromatic carbocycles. The fraction of sp³-hybridized carbons (Fsp3) is 0.667. The van der Waals surface area contributed by atoms with Crippen LogP contribution in [0.5, 0.6) is 0 Å². The van der Waals surface area contributed by atoms with E-state index in [1.165, 1.54) is 0 Å². The Labute approximate surface area is 90.8 Å². The smallest absolute Gasteiger partial charge is 0.178 e. The predicted octanol–water partition coefficient (Wildman–Crippen LogP) is 1.82. The Morgan fingerprint density at radius 1 is 1.71 bits per heavy atom. The van der Waals surface area contributed by atoms with Crippen LogP contribution >= 0.6 is 15.9 Å². The van der Waals surface area contributed by atoms with Gasteiger partial charge >= 0.3 is 0 Å². The first-order valence-electron chi connectivity index (χ1n) is 4.79. The summed E-state index contributed by atoms with van der Waals surface area (Å²) in [5, 5.41) is 7.11. The Morgan fingerprint density at radius 2 is 2.43 bits per heavy atom. The first-order valence-corrected chi connectivity index (χ1v) is 5.58. The van der Waals surface area contributed by atoms with Gasteiger partial charge in [0.25, 0.3) is 0 Å². The number of nitrogens with one attached hydrogen (secondary N) is 1. The van der Waals surface area contributed by atoms with Gasteiger partial charge in [-0.3, -0.25) is 4.68 Å². The molecule has 0 saturated carbocycles. The first kappa shape index (κ1) is 10.1. The average Bonchev–Trinajstić information content (AvgIpc) is 2.45. The molecule has 3 nitrogen and oxygen atoms in total. The van der Waals surface area contributed by atoms with Gasteiger partial charge in [0.05, 0.1) is 16.4 Å².